The Morgan fingerprint density at radius 2 is 2.11 bits per heavy atom. The maximum atomic E-state index is 11.2. The summed E-state index contributed by atoms with van der Waals surface area (Å²) in [6.45, 7) is 3.94. The SMILES string of the molecule is CC(C)c1cc(C(=O)O)n(-c2cccc(Cl)c2)n1. The van der Waals surface area contributed by atoms with Gasteiger partial charge in [-0.15, -0.1) is 0 Å². The van der Waals surface area contributed by atoms with E-state index in [9.17, 15) is 9.90 Å². The molecule has 0 fully saturated rings. The Hall–Kier alpha value is -1.81. The molecule has 2 rings (SSSR count). The first-order valence-corrected chi connectivity index (χ1v) is 5.96. The minimum Gasteiger partial charge on any atom is -0.477 e. The molecular weight excluding hydrogens is 252 g/mol. The van der Waals surface area contributed by atoms with Crippen LogP contribution in [0.25, 0.3) is 5.69 Å². The van der Waals surface area contributed by atoms with Gasteiger partial charge >= 0.3 is 5.97 Å². The molecule has 1 aromatic carbocycles. The maximum absolute atomic E-state index is 11.2. The summed E-state index contributed by atoms with van der Waals surface area (Å²) in [4.78, 5) is 11.2. The third kappa shape index (κ3) is 2.38. The fourth-order valence-electron chi connectivity index (χ4n) is 1.64. The summed E-state index contributed by atoms with van der Waals surface area (Å²) in [6.07, 6.45) is 0. The molecular formula is C13H13ClN2O2. The van der Waals surface area contributed by atoms with Crippen LogP contribution in [0.2, 0.25) is 5.02 Å². The normalized spacial score (nSPS) is 10.9. The molecule has 1 aromatic heterocycles. The molecule has 94 valence electrons. The number of hydrogen-bond donors (Lipinski definition) is 1. The first-order valence-electron chi connectivity index (χ1n) is 5.58. The Balaban J connectivity index is 2.58. The van der Waals surface area contributed by atoms with Gasteiger partial charge in [-0.25, -0.2) is 9.48 Å². The van der Waals surface area contributed by atoms with Crippen LogP contribution < -0.4 is 0 Å². The van der Waals surface area contributed by atoms with Crippen molar-refractivity contribution in [3.05, 3.63) is 46.7 Å². The minimum atomic E-state index is -1.01. The number of nitrogens with zero attached hydrogens (tertiary/aromatic N) is 2. The van der Waals surface area contributed by atoms with Crippen LogP contribution >= 0.6 is 11.6 Å². The number of carbonyl (C=O) groups is 1. The standard InChI is InChI=1S/C13H13ClN2O2/c1-8(2)11-7-12(13(17)18)16(15-11)10-5-3-4-9(14)6-10/h3-8H,1-2H3,(H,17,18). The van der Waals surface area contributed by atoms with E-state index in [4.69, 9.17) is 11.6 Å². The smallest absolute Gasteiger partial charge is 0.354 e. The zero-order chi connectivity index (χ0) is 13.3. The minimum absolute atomic E-state index is 0.140. The molecule has 0 aliphatic rings. The van der Waals surface area contributed by atoms with Gasteiger partial charge < -0.3 is 5.11 Å². The van der Waals surface area contributed by atoms with Crippen LogP contribution in [0.1, 0.15) is 35.9 Å². The third-order valence-corrected chi connectivity index (χ3v) is 2.83. The predicted octanol–water partition coefficient (Wildman–Crippen LogP) is 3.35. The van der Waals surface area contributed by atoms with Crippen LogP contribution in [0.15, 0.2) is 30.3 Å². The monoisotopic (exact) mass is 264 g/mol. The number of halogens is 1. The first kappa shape index (κ1) is 12.6. The van der Waals surface area contributed by atoms with Crippen molar-refractivity contribution in [1.82, 2.24) is 9.78 Å². The summed E-state index contributed by atoms with van der Waals surface area (Å²) >= 11 is 5.91. The lowest BCUT2D eigenvalue weighted by molar-refractivity contribution is 0.0687. The molecule has 1 heterocycles. The Bertz CT molecular complexity index is 590. The van der Waals surface area contributed by atoms with E-state index < -0.39 is 5.97 Å². The van der Waals surface area contributed by atoms with E-state index in [0.29, 0.717) is 10.7 Å². The van der Waals surface area contributed by atoms with Crippen molar-refractivity contribution < 1.29 is 9.90 Å². The van der Waals surface area contributed by atoms with E-state index in [0.717, 1.165) is 5.69 Å². The summed E-state index contributed by atoms with van der Waals surface area (Å²) in [5, 5.41) is 14.1. The largest absolute Gasteiger partial charge is 0.477 e. The van der Waals surface area contributed by atoms with Gasteiger partial charge in [-0.05, 0) is 30.2 Å². The molecule has 0 radical (unpaired) electrons. The average Bonchev–Trinajstić information content (AvgIpc) is 2.73. The Kier molecular flexibility index (Phi) is 3.39. The van der Waals surface area contributed by atoms with Crippen LogP contribution in [0, 0.1) is 0 Å². The number of benzene rings is 1. The summed E-state index contributed by atoms with van der Waals surface area (Å²) in [6, 6.07) is 8.55. The van der Waals surface area contributed by atoms with E-state index in [1.165, 1.54) is 4.68 Å². The lowest BCUT2D eigenvalue weighted by Crippen LogP contribution is -2.07. The second kappa shape index (κ2) is 4.82. The number of hydrogen-bond acceptors (Lipinski definition) is 2. The third-order valence-electron chi connectivity index (χ3n) is 2.59. The van der Waals surface area contributed by atoms with E-state index in [1.807, 2.05) is 13.8 Å². The molecule has 2 aromatic rings. The van der Waals surface area contributed by atoms with Gasteiger partial charge in [0.1, 0.15) is 0 Å². The molecule has 0 aliphatic carbocycles. The highest BCUT2D eigenvalue weighted by atomic mass is 35.5. The van der Waals surface area contributed by atoms with Crippen molar-refractivity contribution in [3.8, 4) is 5.69 Å². The summed E-state index contributed by atoms with van der Waals surface area (Å²) in [5.41, 5.74) is 1.53. The van der Waals surface area contributed by atoms with Gasteiger partial charge in [0.2, 0.25) is 0 Å². The van der Waals surface area contributed by atoms with Gasteiger partial charge in [0, 0.05) is 5.02 Å². The molecule has 0 atom stereocenters. The lowest BCUT2D eigenvalue weighted by Gasteiger charge is -2.04. The van der Waals surface area contributed by atoms with Gasteiger partial charge in [0.05, 0.1) is 11.4 Å². The van der Waals surface area contributed by atoms with Crippen LogP contribution in [0.5, 0.6) is 0 Å². The highest BCUT2D eigenvalue weighted by Gasteiger charge is 2.17. The molecule has 0 aliphatic heterocycles. The fraction of sp³-hybridized carbons (Fsp3) is 0.231. The molecule has 0 unspecified atom stereocenters. The molecule has 0 saturated carbocycles. The van der Waals surface area contributed by atoms with Crippen LogP contribution in [0.4, 0.5) is 0 Å². The predicted molar refractivity (Wildman–Crippen MR) is 69.6 cm³/mol. The Morgan fingerprint density at radius 1 is 1.39 bits per heavy atom. The van der Waals surface area contributed by atoms with Gasteiger partial charge in [0.25, 0.3) is 0 Å². The van der Waals surface area contributed by atoms with E-state index in [-0.39, 0.29) is 11.6 Å². The lowest BCUT2D eigenvalue weighted by atomic mass is 10.1. The molecule has 1 N–H and O–H groups in total. The topological polar surface area (TPSA) is 55.1 Å². The molecule has 0 spiro atoms. The summed E-state index contributed by atoms with van der Waals surface area (Å²) in [5.74, 6) is -0.835. The number of carboxylic acid groups (broad SMARTS) is 1. The van der Waals surface area contributed by atoms with Crippen molar-refractivity contribution in [2.45, 2.75) is 19.8 Å². The summed E-state index contributed by atoms with van der Waals surface area (Å²) < 4.78 is 1.41. The molecule has 18 heavy (non-hydrogen) atoms. The zero-order valence-corrected chi connectivity index (χ0v) is 10.8. The van der Waals surface area contributed by atoms with Crippen molar-refractivity contribution in [2.24, 2.45) is 0 Å². The number of carboxylic acids is 1. The Morgan fingerprint density at radius 3 is 2.67 bits per heavy atom. The highest BCUT2D eigenvalue weighted by molar-refractivity contribution is 6.30. The van der Waals surface area contributed by atoms with Crippen LogP contribution in [-0.4, -0.2) is 20.9 Å². The van der Waals surface area contributed by atoms with E-state index in [2.05, 4.69) is 5.10 Å². The fourth-order valence-corrected chi connectivity index (χ4v) is 1.82. The molecule has 0 amide bonds. The van der Waals surface area contributed by atoms with Gasteiger partial charge in [-0.1, -0.05) is 31.5 Å². The van der Waals surface area contributed by atoms with Crippen molar-refractivity contribution in [1.29, 1.82) is 0 Å². The Labute approximate surface area is 110 Å². The van der Waals surface area contributed by atoms with E-state index >= 15 is 0 Å². The first-order chi connectivity index (χ1) is 8.49. The van der Waals surface area contributed by atoms with Crippen LogP contribution in [-0.2, 0) is 0 Å². The summed E-state index contributed by atoms with van der Waals surface area (Å²) in [7, 11) is 0. The van der Waals surface area contributed by atoms with Crippen molar-refractivity contribution >= 4 is 17.6 Å². The van der Waals surface area contributed by atoms with Gasteiger partial charge in [-0.2, -0.15) is 5.10 Å². The zero-order valence-electron chi connectivity index (χ0n) is 10.1. The van der Waals surface area contributed by atoms with Gasteiger partial charge in [-0.3, -0.25) is 0 Å². The van der Waals surface area contributed by atoms with Crippen LogP contribution in [0.3, 0.4) is 0 Å². The quantitative estimate of drug-likeness (QED) is 0.925. The molecule has 0 saturated heterocycles. The number of rotatable bonds is 3. The maximum Gasteiger partial charge on any atom is 0.354 e. The second-order valence-electron chi connectivity index (χ2n) is 4.31. The van der Waals surface area contributed by atoms with Crippen molar-refractivity contribution in [2.75, 3.05) is 0 Å². The molecule has 5 heteroatoms. The average molecular weight is 265 g/mol. The second-order valence-corrected chi connectivity index (χ2v) is 4.74. The van der Waals surface area contributed by atoms with Crippen molar-refractivity contribution in [3.63, 3.8) is 0 Å². The van der Waals surface area contributed by atoms with Gasteiger partial charge in [0.15, 0.2) is 5.69 Å². The van der Waals surface area contributed by atoms with E-state index in [1.54, 1.807) is 30.3 Å². The molecule has 0 bridgehead atoms. The number of aromatic nitrogens is 2. The molecule has 4 nitrogen and oxygen atoms in total. The number of aromatic carboxylic acids is 1. The highest BCUT2D eigenvalue weighted by Crippen LogP contribution is 2.20.